The summed E-state index contributed by atoms with van der Waals surface area (Å²) in [5, 5.41) is 0.931. The second-order valence-electron chi connectivity index (χ2n) is 2.00. The first-order valence-electron chi connectivity index (χ1n) is 2.85. The van der Waals surface area contributed by atoms with Gasteiger partial charge >= 0.3 is 0 Å². The van der Waals surface area contributed by atoms with E-state index in [1.54, 1.807) is 16.7 Å². The zero-order chi connectivity index (χ0) is 6.27. The van der Waals surface area contributed by atoms with Crippen molar-refractivity contribution in [1.29, 1.82) is 0 Å². The maximum Gasteiger partial charge on any atom is 0.239 e. The fourth-order valence-electron chi connectivity index (χ4n) is 0.986. The number of rotatable bonds is 0. The van der Waals surface area contributed by atoms with Crippen LogP contribution >= 0.6 is 24.2 Å². The molecule has 0 spiro atoms. The third-order valence-electron chi connectivity index (χ3n) is 1.43. The van der Waals surface area contributed by atoms with E-state index in [1.165, 1.54) is 0 Å². The molecule has 0 aromatic rings. The second kappa shape index (κ2) is 2.80. The number of amidine groups is 1. The molecule has 0 radical (unpaired) electrons. The van der Waals surface area contributed by atoms with Crippen LogP contribution in [-0.2, 0) is 4.79 Å². The molecule has 0 atom stereocenters. The minimum atomic E-state index is 0. The van der Waals surface area contributed by atoms with Gasteiger partial charge in [-0.15, -0.1) is 12.4 Å². The standard InChI is InChI=1S/C5H6N2OS.ClH/c8-4-3-9-5-6-1-2-7(4)5;/h1-3H2;1H. The normalized spacial score (nSPS) is 22.2. The van der Waals surface area contributed by atoms with Crippen molar-refractivity contribution in [2.24, 2.45) is 4.99 Å². The van der Waals surface area contributed by atoms with E-state index in [4.69, 9.17) is 0 Å². The zero-order valence-electron chi connectivity index (χ0n) is 5.24. The van der Waals surface area contributed by atoms with E-state index in [1.807, 2.05) is 0 Å². The van der Waals surface area contributed by atoms with E-state index in [2.05, 4.69) is 4.99 Å². The smallest absolute Gasteiger partial charge is 0.239 e. The number of carbonyl (C=O) groups is 1. The monoisotopic (exact) mass is 178 g/mol. The van der Waals surface area contributed by atoms with Gasteiger partial charge in [0.15, 0.2) is 5.17 Å². The molecule has 5 heteroatoms. The lowest BCUT2D eigenvalue weighted by molar-refractivity contribution is -0.123. The minimum absolute atomic E-state index is 0. The number of amides is 1. The average Bonchev–Trinajstić information content (AvgIpc) is 2.35. The largest absolute Gasteiger partial charge is 0.289 e. The van der Waals surface area contributed by atoms with Crippen LogP contribution in [0.3, 0.4) is 0 Å². The Bertz CT molecular complexity index is 194. The molecule has 1 fully saturated rings. The van der Waals surface area contributed by atoms with Gasteiger partial charge in [-0.1, -0.05) is 11.8 Å². The molecule has 2 rings (SSSR count). The van der Waals surface area contributed by atoms with Gasteiger partial charge in [-0.3, -0.25) is 14.7 Å². The van der Waals surface area contributed by atoms with Crippen LogP contribution in [0.15, 0.2) is 4.99 Å². The first-order valence-corrected chi connectivity index (χ1v) is 3.84. The highest BCUT2D eigenvalue weighted by molar-refractivity contribution is 8.15. The maximum absolute atomic E-state index is 10.9. The number of hydrogen-bond donors (Lipinski definition) is 0. The molecule has 0 aromatic heterocycles. The summed E-state index contributed by atoms with van der Waals surface area (Å²) in [6, 6.07) is 0. The SMILES string of the molecule is Cl.O=C1CSC2=NCCN12. The summed E-state index contributed by atoms with van der Waals surface area (Å²) in [7, 11) is 0. The molecular formula is C5H7ClN2OS. The van der Waals surface area contributed by atoms with Crippen molar-refractivity contribution < 1.29 is 4.79 Å². The third kappa shape index (κ3) is 1.01. The van der Waals surface area contributed by atoms with Gasteiger partial charge in [-0.05, 0) is 0 Å². The molecule has 10 heavy (non-hydrogen) atoms. The van der Waals surface area contributed by atoms with Crippen LogP contribution < -0.4 is 0 Å². The second-order valence-corrected chi connectivity index (χ2v) is 2.94. The molecule has 0 N–H and O–H groups in total. The molecule has 1 amide bonds. The minimum Gasteiger partial charge on any atom is -0.289 e. The van der Waals surface area contributed by atoms with E-state index >= 15 is 0 Å². The molecule has 0 aliphatic carbocycles. The average molecular weight is 179 g/mol. The van der Waals surface area contributed by atoms with Crippen LogP contribution in [0.1, 0.15) is 0 Å². The lowest BCUT2D eigenvalue weighted by Gasteiger charge is -2.04. The quantitative estimate of drug-likeness (QED) is 0.537. The summed E-state index contributed by atoms with van der Waals surface area (Å²) in [5.41, 5.74) is 0. The summed E-state index contributed by atoms with van der Waals surface area (Å²) < 4.78 is 0. The number of thioether (sulfide) groups is 1. The fourth-order valence-corrected chi connectivity index (χ4v) is 1.93. The fraction of sp³-hybridized carbons (Fsp3) is 0.600. The molecular weight excluding hydrogens is 172 g/mol. The molecule has 0 bridgehead atoms. The van der Waals surface area contributed by atoms with Crippen LogP contribution in [0.5, 0.6) is 0 Å². The highest BCUT2D eigenvalue weighted by Gasteiger charge is 2.30. The van der Waals surface area contributed by atoms with Crippen molar-refractivity contribution in [2.75, 3.05) is 18.8 Å². The Kier molecular flexibility index (Phi) is 2.21. The van der Waals surface area contributed by atoms with Gasteiger partial charge < -0.3 is 0 Å². The Hall–Kier alpha value is -0.220. The van der Waals surface area contributed by atoms with Crippen LogP contribution in [0.2, 0.25) is 0 Å². The predicted molar refractivity (Wildman–Crippen MR) is 43.7 cm³/mol. The van der Waals surface area contributed by atoms with Gasteiger partial charge in [0.25, 0.3) is 0 Å². The van der Waals surface area contributed by atoms with Crippen molar-refractivity contribution in [3.8, 4) is 0 Å². The zero-order valence-corrected chi connectivity index (χ0v) is 6.87. The molecule has 0 unspecified atom stereocenters. The topological polar surface area (TPSA) is 32.7 Å². The summed E-state index contributed by atoms with van der Waals surface area (Å²) in [5.74, 6) is 0.815. The molecule has 0 aromatic carbocycles. The molecule has 0 saturated carbocycles. The van der Waals surface area contributed by atoms with Crippen LogP contribution in [0.4, 0.5) is 0 Å². The number of nitrogens with zero attached hydrogens (tertiary/aromatic N) is 2. The predicted octanol–water partition coefficient (Wildman–Crippen LogP) is 0.353. The Morgan fingerprint density at radius 2 is 2.40 bits per heavy atom. The van der Waals surface area contributed by atoms with Gasteiger partial charge in [0.1, 0.15) is 0 Å². The number of carbonyl (C=O) groups excluding carboxylic acids is 1. The Labute approximate surface area is 69.3 Å². The summed E-state index contributed by atoms with van der Waals surface area (Å²) in [4.78, 5) is 16.8. The maximum atomic E-state index is 10.9. The van der Waals surface area contributed by atoms with Gasteiger partial charge in [0.2, 0.25) is 5.91 Å². The van der Waals surface area contributed by atoms with E-state index in [0.717, 1.165) is 18.3 Å². The lowest BCUT2D eigenvalue weighted by Crippen LogP contribution is -2.26. The van der Waals surface area contributed by atoms with Crippen molar-refractivity contribution in [1.82, 2.24) is 4.90 Å². The van der Waals surface area contributed by atoms with Crippen LogP contribution in [-0.4, -0.2) is 34.8 Å². The molecule has 56 valence electrons. The van der Waals surface area contributed by atoms with E-state index in [0.29, 0.717) is 5.75 Å². The van der Waals surface area contributed by atoms with Gasteiger partial charge in [-0.2, -0.15) is 0 Å². The van der Waals surface area contributed by atoms with Crippen molar-refractivity contribution in [3.05, 3.63) is 0 Å². The highest BCUT2D eigenvalue weighted by atomic mass is 35.5. The molecule has 2 aliphatic rings. The van der Waals surface area contributed by atoms with Crippen LogP contribution in [0, 0.1) is 0 Å². The van der Waals surface area contributed by atoms with Crippen LogP contribution in [0.25, 0.3) is 0 Å². The summed E-state index contributed by atoms with van der Waals surface area (Å²) in [6.45, 7) is 1.61. The Morgan fingerprint density at radius 3 is 3.10 bits per heavy atom. The van der Waals surface area contributed by atoms with Gasteiger partial charge in [-0.25, -0.2) is 0 Å². The summed E-state index contributed by atoms with van der Waals surface area (Å²) >= 11 is 1.55. The third-order valence-corrected chi connectivity index (χ3v) is 2.43. The Balaban J connectivity index is 0.000000500. The molecule has 1 saturated heterocycles. The molecule has 3 nitrogen and oxygen atoms in total. The number of fused-ring (bicyclic) bond motifs is 1. The van der Waals surface area contributed by atoms with E-state index in [9.17, 15) is 4.79 Å². The van der Waals surface area contributed by atoms with E-state index in [-0.39, 0.29) is 18.3 Å². The van der Waals surface area contributed by atoms with Gasteiger partial charge in [0, 0.05) is 6.54 Å². The lowest BCUT2D eigenvalue weighted by atomic mass is 10.5. The molecule has 2 heterocycles. The number of halogens is 1. The van der Waals surface area contributed by atoms with Gasteiger partial charge in [0.05, 0.1) is 12.3 Å². The van der Waals surface area contributed by atoms with Crippen molar-refractivity contribution in [3.63, 3.8) is 0 Å². The number of aliphatic imine (C=N–C) groups is 1. The Morgan fingerprint density at radius 1 is 1.60 bits per heavy atom. The molecule has 2 aliphatic heterocycles. The number of hydrogen-bond acceptors (Lipinski definition) is 3. The first kappa shape index (κ1) is 7.88. The van der Waals surface area contributed by atoms with Crippen molar-refractivity contribution >= 4 is 35.2 Å². The van der Waals surface area contributed by atoms with Crippen molar-refractivity contribution in [2.45, 2.75) is 0 Å². The summed E-state index contributed by atoms with van der Waals surface area (Å²) in [6.07, 6.45) is 0. The first-order chi connectivity index (χ1) is 4.38. The highest BCUT2D eigenvalue weighted by Crippen LogP contribution is 2.21. The van der Waals surface area contributed by atoms with E-state index < -0.39 is 0 Å².